The third-order valence-corrected chi connectivity index (χ3v) is 2.41. The van der Waals surface area contributed by atoms with Crippen molar-refractivity contribution in [1.82, 2.24) is 0 Å². The minimum atomic E-state index is -0.391. The molecule has 0 atom stereocenters. The van der Waals surface area contributed by atoms with Crippen molar-refractivity contribution in [3.8, 4) is 0 Å². The van der Waals surface area contributed by atoms with Gasteiger partial charge in [0.25, 0.3) is 0 Å². The monoisotopic (exact) mass is 208 g/mol. The minimum absolute atomic E-state index is 0.0462. The number of hydrogen-bond donors (Lipinski definition) is 0. The molecular weight excluding hydrogens is 192 g/mol. The molecule has 0 saturated heterocycles. The zero-order valence-corrected chi connectivity index (χ0v) is 9.21. The molecule has 0 N–H and O–H groups in total. The highest BCUT2D eigenvalue weighted by atomic mass is 16.5. The van der Waals surface area contributed by atoms with Gasteiger partial charge in [0, 0.05) is 5.57 Å². The molecule has 0 aliphatic heterocycles. The molecular formula is C12H16O3. The largest absolute Gasteiger partial charge is 0.466 e. The maximum Gasteiger partial charge on any atom is 0.333 e. The zero-order valence-electron chi connectivity index (χ0n) is 9.21. The van der Waals surface area contributed by atoms with E-state index in [0.29, 0.717) is 18.4 Å². The van der Waals surface area contributed by atoms with Gasteiger partial charge in [-0.3, -0.25) is 4.79 Å². The van der Waals surface area contributed by atoms with Crippen LogP contribution in [0.3, 0.4) is 0 Å². The molecule has 3 heteroatoms. The number of esters is 1. The highest BCUT2D eigenvalue weighted by molar-refractivity contribution is 6.09. The molecule has 15 heavy (non-hydrogen) atoms. The number of carbonyl (C=O) groups is 2. The summed E-state index contributed by atoms with van der Waals surface area (Å²) in [6.45, 7) is 2.07. The first-order valence-corrected chi connectivity index (χ1v) is 5.21. The molecule has 0 unspecified atom stereocenters. The molecule has 3 nitrogen and oxygen atoms in total. The van der Waals surface area contributed by atoms with Gasteiger partial charge in [0.15, 0.2) is 5.78 Å². The predicted octanol–water partition coefficient (Wildman–Crippen LogP) is 2.18. The van der Waals surface area contributed by atoms with E-state index >= 15 is 0 Å². The number of carbonyl (C=O) groups excluding carboxylic acids is 2. The van der Waals surface area contributed by atoms with Gasteiger partial charge in [0.05, 0.1) is 7.11 Å². The quantitative estimate of drug-likeness (QED) is 0.527. The van der Waals surface area contributed by atoms with E-state index < -0.39 is 5.97 Å². The Labute approximate surface area is 89.8 Å². The maximum absolute atomic E-state index is 11.6. The lowest BCUT2D eigenvalue weighted by Crippen LogP contribution is -2.14. The van der Waals surface area contributed by atoms with E-state index in [0.717, 1.165) is 18.4 Å². The summed E-state index contributed by atoms with van der Waals surface area (Å²) in [4.78, 5) is 22.7. The molecule has 0 amide bonds. The van der Waals surface area contributed by atoms with E-state index in [-0.39, 0.29) is 5.78 Å². The number of allylic oxidation sites excluding steroid dienone is 3. The van der Waals surface area contributed by atoms with Crippen molar-refractivity contribution in [3.05, 3.63) is 23.3 Å². The summed E-state index contributed by atoms with van der Waals surface area (Å²) in [6, 6.07) is 0. The summed E-state index contributed by atoms with van der Waals surface area (Å²) in [5.74, 6) is -0.437. The van der Waals surface area contributed by atoms with Gasteiger partial charge in [-0.2, -0.15) is 0 Å². The third-order valence-electron chi connectivity index (χ3n) is 2.41. The molecule has 1 aliphatic carbocycles. The summed E-state index contributed by atoms with van der Waals surface area (Å²) in [5, 5.41) is 0. The smallest absolute Gasteiger partial charge is 0.333 e. The summed E-state index contributed by atoms with van der Waals surface area (Å²) in [7, 11) is 1.33. The molecule has 0 aromatic rings. The van der Waals surface area contributed by atoms with Crippen LogP contribution in [0.15, 0.2) is 23.3 Å². The molecule has 82 valence electrons. The molecule has 0 aromatic carbocycles. The van der Waals surface area contributed by atoms with Gasteiger partial charge < -0.3 is 4.74 Å². The van der Waals surface area contributed by atoms with Crippen molar-refractivity contribution in [3.63, 3.8) is 0 Å². The van der Waals surface area contributed by atoms with Crippen LogP contribution < -0.4 is 0 Å². The van der Waals surface area contributed by atoms with E-state index in [1.165, 1.54) is 13.2 Å². The van der Waals surface area contributed by atoms with Gasteiger partial charge in [0.2, 0.25) is 0 Å². The van der Waals surface area contributed by atoms with Crippen LogP contribution in [-0.4, -0.2) is 18.9 Å². The Hall–Kier alpha value is -1.38. The Balaban J connectivity index is 2.73. The fraction of sp³-hybridized carbons (Fsp3) is 0.500. The van der Waals surface area contributed by atoms with Gasteiger partial charge in [-0.1, -0.05) is 19.4 Å². The highest BCUT2D eigenvalue weighted by Crippen LogP contribution is 2.21. The van der Waals surface area contributed by atoms with Gasteiger partial charge in [-0.05, 0) is 30.9 Å². The minimum Gasteiger partial charge on any atom is -0.466 e. The van der Waals surface area contributed by atoms with Gasteiger partial charge >= 0.3 is 5.97 Å². The Morgan fingerprint density at radius 2 is 2.27 bits per heavy atom. The zero-order chi connectivity index (χ0) is 11.3. The van der Waals surface area contributed by atoms with Crippen molar-refractivity contribution < 1.29 is 14.3 Å². The predicted molar refractivity (Wildman–Crippen MR) is 57.3 cm³/mol. The van der Waals surface area contributed by atoms with Crippen LogP contribution in [0, 0.1) is 0 Å². The van der Waals surface area contributed by atoms with E-state index in [1.54, 1.807) is 0 Å². The average molecular weight is 208 g/mol. The van der Waals surface area contributed by atoms with Crippen molar-refractivity contribution in [1.29, 1.82) is 0 Å². The molecule has 1 aliphatic rings. The first kappa shape index (κ1) is 11.7. The van der Waals surface area contributed by atoms with Gasteiger partial charge in [-0.25, -0.2) is 4.79 Å². The van der Waals surface area contributed by atoms with Crippen molar-refractivity contribution in [2.24, 2.45) is 0 Å². The summed E-state index contributed by atoms with van der Waals surface area (Å²) >= 11 is 0. The Morgan fingerprint density at radius 3 is 2.80 bits per heavy atom. The first-order valence-electron chi connectivity index (χ1n) is 5.21. The van der Waals surface area contributed by atoms with E-state index in [1.807, 2.05) is 6.08 Å². The fourth-order valence-corrected chi connectivity index (χ4v) is 1.53. The highest BCUT2D eigenvalue weighted by Gasteiger charge is 2.19. The van der Waals surface area contributed by atoms with Crippen LogP contribution in [-0.2, 0) is 14.3 Å². The molecule has 0 aromatic heterocycles. The fourth-order valence-electron chi connectivity index (χ4n) is 1.53. The van der Waals surface area contributed by atoms with Gasteiger partial charge in [-0.15, -0.1) is 0 Å². The number of methoxy groups -OCH3 is 1. The third kappa shape index (κ3) is 3.05. The Morgan fingerprint density at radius 1 is 1.53 bits per heavy atom. The lowest BCUT2D eigenvalue weighted by Gasteiger charge is -2.12. The number of unbranched alkanes of at least 4 members (excludes halogenated alkanes) is 1. The number of rotatable bonds is 3. The van der Waals surface area contributed by atoms with Crippen molar-refractivity contribution >= 4 is 11.8 Å². The second kappa shape index (κ2) is 5.49. The summed E-state index contributed by atoms with van der Waals surface area (Å²) in [5.41, 5.74) is 1.31. The second-order valence-electron chi connectivity index (χ2n) is 3.54. The number of hydrogen-bond acceptors (Lipinski definition) is 3. The lowest BCUT2D eigenvalue weighted by atomic mass is 9.93. The molecule has 1 rings (SSSR count). The van der Waals surface area contributed by atoms with Crippen LogP contribution in [0.1, 0.15) is 32.6 Å². The normalized spacial score (nSPS) is 18.9. The Kier molecular flexibility index (Phi) is 4.28. The molecule has 0 saturated carbocycles. The summed E-state index contributed by atoms with van der Waals surface area (Å²) in [6.07, 6.45) is 6.57. The van der Waals surface area contributed by atoms with Crippen LogP contribution in [0.5, 0.6) is 0 Å². The van der Waals surface area contributed by atoms with E-state index in [2.05, 4.69) is 11.7 Å². The number of ketones is 1. The second-order valence-corrected chi connectivity index (χ2v) is 3.54. The average Bonchev–Trinajstić information content (AvgIpc) is 2.26. The van der Waals surface area contributed by atoms with Crippen LogP contribution in [0.2, 0.25) is 0 Å². The molecule has 0 spiro atoms. The SMILES string of the molecule is CCC/C=C1\CCC(C(=O)OC)=CC1=O. The van der Waals surface area contributed by atoms with Gasteiger partial charge in [0.1, 0.15) is 0 Å². The standard InChI is InChI=1S/C12H16O3/c1-3-4-5-9-6-7-10(8-11(9)13)12(14)15-2/h5,8H,3-4,6-7H2,1-2H3/b9-5+. The first-order chi connectivity index (χ1) is 7.19. The number of ether oxygens (including phenoxy) is 1. The van der Waals surface area contributed by atoms with E-state index in [9.17, 15) is 9.59 Å². The van der Waals surface area contributed by atoms with Crippen molar-refractivity contribution in [2.45, 2.75) is 32.6 Å². The van der Waals surface area contributed by atoms with Crippen LogP contribution in [0.25, 0.3) is 0 Å². The summed E-state index contributed by atoms with van der Waals surface area (Å²) < 4.78 is 4.58. The molecule has 0 bridgehead atoms. The molecule has 0 heterocycles. The topological polar surface area (TPSA) is 43.4 Å². The lowest BCUT2D eigenvalue weighted by molar-refractivity contribution is -0.136. The molecule has 0 fully saturated rings. The maximum atomic E-state index is 11.6. The molecule has 0 radical (unpaired) electrons. The van der Waals surface area contributed by atoms with Crippen LogP contribution in [0.4, 0.5) is 0 Å². The van der Waals surface area contributed by atoms with Crippen LogP contribution >= 0.6 is 0 Å². The Bertz CT molecular complexity index is 324. The van der Waals surface area contributed by atoms with E-state index in [4.69, 9.17) is 0 Å². The van der Waals surface area contributed by atoms with Crippen molar-refractivity contribution in [2.75, 3.05) is 7.11 Å².